The number of halogens is 1. The van der Waals surface area contributed by atoms with Gasteiger partial charge < -0.3 is 20.6 Å². The predicted octanol–water partition coefficient (Wildman–Crippen LogP) is 1.24. The van der Waals surface area contributed by atoms with Gasteiger partial charge >= 0.3 is 6.09 Å². The standard InChI is InChI=1S/C14H17FN4O5/c1-16-11-4-8-2-3-18(7-9(6-15)17-14(21)22)13(20)10(8)5-12(11)19(23)24/h4-5,9,16-17H,2-3,6-7H2,1H3,(H,21,22). The number of rotatable bonds is 6. The Morgan fingerprint density at radius 2 is 2.25 bits per heavy atom. The van der Waals surface area contributed by atoms with Crippen LogP contribution in [-0.4, -0.2) is 59.8 Å². The zero-order valence-electron chi connectivity index (χ0n) is 12.9. The number of hydrogen-bond donors (Lipinski definition) is 3. The smallest absolute Gasteiger partial charge is 0.405 e. The third kappa shape index (κ3) is 3.53. The number of nitro benzene ring substituents is 1. The molecule has 1 aromatic carbocycles. The number of carboxylic acid groups (broad SMARTS) is 1. The van der Waals surface area contributed by atoms with Crippen molar-refractivity contribution < 1.29 is 24.0 Å². The second-order valence-corrected chi connectivity index (χ2v) is 5.34. The van der Waals surface area contributed by atoms with Crippen molar-refractivity contribution in [3.63, 3.8) is 0 Å². The summed E-state index contributed by atoms with van der Waals surface area (Å²) in [5.41, 5.74) is 0.931. The molecule has 0 radical (unpaired) electrons. The van der Waals surface area contributed by atoms with Gasteiger partial charge in [-0.2, -0.15) is 0 Å². The summed E-state index contributed by atoms with van der Waals surface area (Å²) in [5, 5.41) is 24.5. The highest BCUT2D eigenvalue weighted by Crippen LogP contribution is 2.31. The average molecular weight is 340 g/mol. The first-order valence-corrected chi connectivity index (χ1v) is 7.21. The van der Waals surface area contributed by atoms with Crippen LogP contribution in [0.4, 0.5) is 20.6 Å². The van der Waals surface area contributed by atoms with Crippen LogP contribution in [0.2, 0.25) is 0 Å². The molecule has 10 heteroatoms. The topological polar surface area (TPSA) is 125 Å². The highest BCUT2D eigenvalue weighted by Gasteiger charge is 2.30. The van der Waals surface area contributed by atoms with E-state index in [0.717, 1.165) is 0 Å². The lowest BCUT2D eigenvalue weighted by atomic mass is 9.97. The molecule has 2 amide bonds. The van der Waals surface area contributed by atoms with Gasteiger partial charge in [-0.25, -0.2) is 9.18 Å². The molecule has 24 heavy (non-hydrogen) atoms. The number of nitrogens with zero attached hydrogens (tertiary/aromatic N) is 2. The third-order valence-electron chi connectivity index (χ3n) is 3.81. The molecule has 1 aromatic rings. The number of anilines is 1. The van der Waals surface area contributed by atoms with Crippen LogP contribution in [0.15, 0.2) is 12.1 Å². The number of carbonyl (C=O) groups is 2. The van der Waals surface area contributed by atoms with Crippen LogP contribution < -0.4 is 10.6 Å². The summed E-state index contributed by atoms with van der Waals surface area (Å²) in [6.07, 6.45) is -0.934. The third-order valence-corrected chi connectivity index (χ3v) is 3.81. The molecule has 0 fully saturated rings. The van der Waals surface area contributed by atoms with Crippen LogP contribution in [0.5, 0.6) is 0 Å². The van der Waals surface area contributed by atoms with E-state index in [1.807, 2.05) is 5.32 Å². The molecule has 0 aromatic heterocycles. The number of amides is 2. The molecule has 0 bridgehead atoms. The van der Waals surface area contributed by atoms with Gasteiger partial charge in [0.15, 0.2) is 0 Å². The minimum absolute atomic E-state index is 0.136. The normalized spacial score (nSPS) is 14.8. The number of fused-ring (bicyclic) bond motifs is 1. The number of nitrogens with one attached hydrogen (secondary N) is 2. The molecule has 2 rings (SSSR count). The molecule has 9 nitrogen and oxygen atoms in total. The Bertz CT molecular complexity index is 681. The highest BCUT2D eigenvalue weighted by molar-refractivity contribution is 5.98. The molecule has 130 valence electrons. The SMILES string of the molecule is CNc1cc2c(cc1[N+](=O)[O-])C(=O)N(CC(CF)NC(=O)O)CC2. The fourth-order valence-electron chi connectivity index (χ4n) is 2.67. The first-order chi connectivity index (χ1) is 11.4. The van der Waals surface area contributed by atoms with Crippen molar-refractivity contribution in [3.05, 3.63) is 33.4 Å². The zero-order valence-corrected chi connectivity index (χ0v) is 12.9. The van der Waals surface area contributed by atoms with Crippen molar-refractivity contribution >= 4 is 23.4 Å². The van der Waals surface area contributed by atoms with Gasteiger partial charge in [-0.1, -0.05) is 0 Å². The molecule has 0 aliphatic carbocycles. The van der Waals surface area contributed by atoms with E-state index >= 15 is 0 Å². The van der Waals surface area contributed by atoms with Crippen molar-refractivity contribution in [2.75, 3.05) is 32.1 Å². The van der Waals surface area contributed by atoms with Gasteiger partial charge in [0.2, 0.25) is 0 Å². The van der Waals surface area contributed by atoms with E-state index < -0.39 is 29.6 Å². The van der Waals surface area contributed by atoms with E-state index in [4.69, 9.17) is 5.11 Å². The summed E-state index contributed by atoms with van der Waals surface area (Å²) in [4.78, 5) is 35.0. The fraction of sp³-hybridized carbons (Fsp3) is 0.429. The monoisotopic (exact) mass is 340 g/mol. The van der Waals surface area contributed by atoms with Crippen molar-refractivity contribution in [2.24, 2.45) is 0 Å². The first kappa shape index (κ1) is 17.4. The summed E-state index contributed by atoms with van der Waals surface area (Å²) < 4.78 is 12.9. The molecule has 1 unspecified atom stereocenters. The van der Waals surface area contributed by atoms with Crippen LogP contribution in [0.1, 0.15) is 15.9 Å². The van der Waals surface area contributed by atoms with Crippen molar-refractivity contribution in [3.8, 4) is 0 Å². The van der Waals surface area contributed by atoms with E-state index in [2.05, 4.69) is 5.32 Å². The van der Waals surface area contributed by atoms with E-state index in [-0.39, 0.29) is 24.3 Å². The number of carbonyl (C=O) groups excluding carboxylic acids is 1. The van der Waals surface area contributed by atoms with Gasteiger partial charge in [-0.15, -0.1) is 0 Å². The van der Waals surface area contributed by atoms with Crippen LogP contribution in [0.3, 0.4) is 0 Å². The lowest BCUT2D eigenvalue weighted by molar-refractivity contribution is -0.384. The van der Waals surface area contributed by atoms with Crippen LogP contribution >= 0.6 is 0 Å². The lowest BCUT2D eigenvalue weighted by Gasteiger charge is -2.31. The molecule has 0 saturated carbocycles. The van der Waals surface area contributed by atoms with Gasteiger partial charge in [-0.05, 0) is 18.1 Å². The minimum atomic E-state index is -1.38. The molecule has 1 aliphatic heterocycles. The van der Waals surface area contributed by atoms with Crippen molar-refractivity contribution in [1.29, 1.82) is 0 Å². The summed E-state index contributed by atoms with van der Waals surface area (Å²) in [7, 11) is 1.55. The Balaban J connectivity index is 2.27. The first-order valence-electron chi connectivity index (χ1n) is 7.21. The predicted molar refractivity (Wildman–Crippen MR) is 83.2 cm³/mol. The quantitative estimate of drug-likeness (QED) is 0.528. The number of alkyl halides is 1. The van der Waals surface area contributed by atoms with Crippen LogP contribution in [0, 0.1) is 10.1 Å². The second kappa shape index (κ2) is 7.11. The average Bonchev–Trinajstić information content (AvgIpc) is 2.54. The largest absolute Gasteiger partial charge is 0.465 e. The summed E-state index contributed by atoms with van der Waals surface area (Å²) in [5.74, 6) is -0.479. The summed E-state index contributed by atoms with van der Waals surface area (Å²) in [6.45, 7) is -0.810. The van der Waals surface area contributed by atoms with E-state index in [1.54, 1.807) is 13.1 Å². The van der Waals surface area contributed by atoms with Gasteiger partial charge in [-0.3, -0.25) is 14.9 Å². The highest BCUT2D eigenvalue weighted by atomic mass is 19.1. The minimum Gasteiger partial charge on any atom is -0.465 e. The molecular formula is C14H17FN4O5. The van der Waals surface area contributed by atoms with Gasteiger partial charge in [0, 0.05) is 31.8 Å². The number of nitro groups is 1. The van der Waals surface area contributed by atoms with Crippen LogP contribution in [0.25, 0.3) is 0 Å². The Morgan fingerprint density at radius 1 is 1.54 bits per heavy atom. The van der Waals surface area contributed by atoms with Gasteiger partial charge in [0.05, 0.1) is 11.0 Å². The molecule has 1 aliphatic rings. The van der Waals surface area contributed by atoms with Gasteiger partial charge in [0.25, 0.3) is 11.6 Å². The maximum Gasteiger partial charge on any atom is 0.405 e. The molecular weight excluding hydrogens is 323 g/mol. The Hall–Kier alpha value is -2.91. The van der Waals surface area contributed by atoms with E-state index in [1.165, 1.54) is 11.0 Å². The molecule has 0 spiro atoms. The lowest BCUT2D eigenvalue weighted by Crippen LogP contribution is -2.48. The fourth-order valence-corrected chi connectivity index (χ4v) is 2.67. The Morgan fingerprint density at radius 3 is 2.79 bits per heavy atom. The Labute approximate surface area is 136 Å². The van der Waals surface area contributed by atoms with E-state index in [9.17, 15) is 24.1 Å². The Kier molecular flexibility index (Phi) is 5.17. The van der Waals surface area contributed by atoms with Crippen molar-refractivity contribution in [1.82, 2.24) is 10.2 Å². The summed E-state index contributed by atoms with van der Waals surface area (Å²) >= 11 is 0. The molecule has 1 atom stereocenters. The molecule has 1 heterocycles. The molecule has 0 saturated heterocycles. The summed E-state index contributed by atoms with van der Waals surface area (Å²) in [6, 6.07) is 1.72. The maximum absolute atomic E-state index is 12.9. The second-order valence-electron chi connectivity index (χ2n) is 5.34. The van der Waals surface area contributed by atoms with E-state index in [0.29, 0.717) is 17.7 Å². The number of benzene rings is 1. The van der Waals surface area contributed by atoms with Crippen LogP contribution in [-0.2, 0) is 6.42 Å². The molecule has 3 N–H and O–H groups in total. The van der Waals surface area contributed by atoms with Crippen molar-refractivity contribution in [2.45, 2.75) is 12.5 Å². The number of hydrogen-bond acceptors (Lipinski definition) is 5. The zero-order chi connectivity index (χ0) is 17.9. The maximum atomic E-state index is 12.9. The van der Waals surface area contributed by atoms with Gasteiger partial charge in [0.1, 0.15) is 12.4 Å².